The van der Waals surface area contributed by atoms with Gasteiger partial charge in [0.1, 0.15) is 0 Å². The first-order chi connectivity index (χ1) is 8.29. The first-order valence-electron chi connectivity index (χ1n) is 5.62. The quantitative estimate of drug-likeness (QED) is 0.811. The third-order valence-electron chi connectivity index (χ3n) is 2.57. The zero-order valence-corrected chi connectivity index (χ0v) is 11.4. The summed E-state index contributed by atoms with van der Waals surface area (Å²) in [6.07, 6.45) is 0.525. The number of nitrogens with zero attached hydrogens (tertiary/aromatic N) is 1. The molecule has 2 heterocycles. The lowest BCUT2D eigenvalue weighted by atomic mass is 10.3. The van der Waals surface area contributed by atoms with E-state index in [1.807, 2.05) is 40.8 Å². The first kappa shape index (κ1) is 12.3. The van der Waals surface area contributed by atoms with Crippen molar-refractivity contribution in [3.05, 3.63) is 44.8 Å². The second-order valence-corrected chi connectivity index (χ2v) is 5.81. The van der Waals surface area contributed by atoms with Crippen LogP contribution in [0.3, 0.4) is 0 Å². The Morgan fingerprint density at radius 3 is 2.35 bits per heavy atom. The Morgan fingerprint density at radius 1 is 1.18 bits per heavy atom. The predicted molar refractivity (Wildman–Crippen MR) is 73.4 cm³/mol. The highest BCUT2D eigenvalue weighted by Gasteiger charge is 2.13. The maximum atomic E-state index is 12.1. The molecule has 0 fully saturated rings. The van der Waals surface area contributed by atoms with E-state index >= 15 is 0 Å². The number of likely N-dealkylation sites (N-methyl/N-ethyl adjacent to an activating group) is 1. The van der Waals surface area contributed by atoms with Gasteiger partial charge in [0.15, 0.2) is 0 Å². The Morgan fingerprint density at radius 2 is 1.82 bits per heavy atom. The van der Waals surface area contributed by atoms with Gasteiger partial charge >= 0.3 is 0 Å². The predicted octanol–water partition coefficient (Wildman–Crippen LogP) is 3.40. The largest absolute Gasteiger partial charge is 0.338 e. The average molecular weight is 265 g/mol. The Kier molecular flexibility index (Phi) is 4.34. The van der Waals surface area contributed by atoms with Crippen molar-refractivity contribution in [3.8, 4) is 0 Å². The molecular weight excluding hydrogens is 250 g/mol. The molecule has 0 bridgehead atoms. The van der Waals surface area contributed by atoms with Gasteiger partial charge in [-0.05, 0) is 29.8 Å². The summed E-state index contributed by atoms with van der Waals surface area (Å²) in [4.78, 5) is 16.4. The molecule has 0 spiro atoms. The average Bonchev–Trinajstić information content (AvgIpc) is 2.97. The molecule has 0 aliphatic heterocycles. The molecule has 17 heavy (non-hydrogen) atoms. The summed E-state index contributed by atoms with van der Waals surface area (Å²) in [5.41, 5.74) is 0. The molecule has 2 aromatic rings. The molecule has 0 aliphatic carbocycles. The van der Waals surface area contributed by atoms with Gasteiger partial charge in [0.05, 0.1) is 13.0 Å². The van der Waals surface area contributed by atoms with Crippen LogP contribution in [-0.4, -0.2) is 17.4 Å². The van der Waals surface area contributed by atoms with E-state index in [-0.39, 0.29) is 5.91 Å². The summed E-state index contributed by atoms with van der Waals surface area (Å²) in [5.74, 6) is 0.211. The van der Waals surface area contributed by atoms with E-state index in [1.54, 1.807) is 22.7 Å². The van der Waals surface area contributed by atoms with Crippen LogP contribution in [-0.2, 0) is 17.8 Å². The molecular formula is C13H15NOS2. The van der Waals surface area contributed by atoms with E-state index in [0.29, 0.717) is 6.42 Å². The van der Waals surface area contributed by atoms with Gasteiger partial charge in [0.25, 0.3) is 0 Å². The van der Waals surface area contributed by atoms with Crippen LogP contribution in [0.4, 0.5) is 0 Å². The number of carbonyl (C=O) groups is 1. The van der Waals surface area contributed by atoms with E-state index in [1.165, 1.54) is 4.88 Å². The standard InChI is InChI=1S/C13H15NOS2/c1-2-14(10-12-6-4-8-17-12)13(15)9-11-5-3-7-16-11/h3-8H,2,9-10H2,1H3. The zero-order valence-electron chi connectivity index (χ0n) is 9.76. The van der Waals surface area contributed by atoms with Gasteiger partial charge in [0.2, 0.25) is 5.91 Å². The molecule has 0 radical (unpaired) electrons. The number of thiophene rings is 2. The van der Waals surface area contributed by atoms with Crippen LogP contribution < -0.4 is 0 Å². The normalized spacial score (nSPS) is 10.4. The molecule has 2 nitrogen and oxygen atoms in total. The van der Waals surface area contributed by atoms with Crippen molar-refractivity contribution in [1.29, 1.82) is 0 Å². The number of hydrogen-bond acceptors (Lipinski definition) is 3. The Balaban J connectivity index is 1.96. The number of rotatable bonds is 5. The molecule has 0 aliphatic rings. The molecule has 1 amide bonds. The topological polar surface area (TPSA) is 20.3 Å². The van der Waals surface area contributed by atoms with Crippen LogP contribution in [0.5, 0.6) is 0 Å². The highest BCUT2D eigenvalue weighted by molar-refractivity contribution is 7.10. The fourth-order valence-electron chi connectivity index (χ4n) is 1.64. The fraction of sp³-hybridized carbons (Fsp3) is 0.308. The van der Waals surface area contributed by atoms with Crippen LogP contribution >= 0.6 is 22.7 Å². The monoisotopic (exact) mass is 265 g/mol. The van der Waals surface area contributed by atoms with E-state index in [9.17, 15) is 4.79 Å². The maximum absolute atomic E-state index is 12.1. The number of hydrogen-bond donors (Lipinski definition) is 0. The lowest BCUT2D eigenvalue weighted by molar-refractivity contribution is -0.130. The SMILES string of the molecule is CCN(Cc1cccs1)C(=O)Cc1cccs1. The Hall–Kier alpha value is -1.13. The van der Waals surface area contributed by atoms with Crippen molar-refractivity contribution in [2.24, 2.45) is 0 Å². The fourth-order valence-corrected chi connectivity index (χ4v) is 3.06. The summed E-state index contributed by atoms with van der Waals surface area (Å²) in [6, 6.07) is 8.10. The van der Waals surface area contributed by atoms with Crippen LogP contribution in [0.25, 0.3) is 0 Å². The summed E-state index contributed by atoms with van der Waals surface area (Å²) < 4.78 is 0. The molecule has 0 saturated heterocycles. The van der Waals surface area contributed by atoms with Gasteiger partial charge in [-0.2, -0.15) is 0 Å². The van der Waals surface area contributed by atoms with Crippen LogP contribution in [0.2, 0.25) is 0 Å². The highest BCUT2D eigenvalue weighted by atomic mass is 32.1. The lowest BCUT2D eigenvalue weighted by Gasteiger charge is -2.19. The Labute approximate surface area is 110 Å². The van der Waals surface area contributed by atoms with E-state index in [0.717, 1.165) is 18.0 Å². The zero-order chi connectivity index (χ0) is 12.1. The summed E-state index contributed by atoms with van der Waals surface area (Å²) >= 11 is 3.34. The van der Waals surface area contributed by atoms with Crippen LogP contribution in [0.1, 0.15) is 16.7 Å². The molecule has 2 aromatic heterocycles. The van der Waals surface area contributed by atoms with E-state index < -0.39 is 0 Å². The van der Waals surface area contributed by atoms with Gasteiger partial charge in [-0.25, -0.2) is 0 Å². The molecule has 90 valence electrons. The van der Waals surface area contributed by atoms with Crippen molar-refractivity contribution >= 4 is 28.6 Å². The summed E-state index contributed by atoms with van der Waals surface area (Å²) in [7, 11) is 0. The minimum absolute atomic E-state index is 0.211. The van der Waals surface area contributed by atoms with Gasteiger partial charge in [0, 0.05) is 16.3 Å². The third-order valence-corrected chi connectivity index (χ3v) is 4.30. The maximum Gasteiger partial charge on any atom is 0.228 e. The van der Waals surface area contributed by atoms with Crippen LogP contribution in [0, 0.1) is 0 Å². The van der Waals surface area contributed by atoms with Gasteiger partial charge in [-0.15, -0.1) is 22.7 Å². The third kappa shape index (κ3) is 3.41. The minimum atomic E-state index is 0.211. The second-order valence-electron chi connectivity index (χ2n) is 3.74. The number of amides is 1. The molecule has 0 saturated carbocycles. The van der Waals surface area contributed by atoms with Crippen molar-refractivity contribution in [2.75, 3.05) is 6.54 Å². The Bertz CT molecular complexity index is 448. The van der Waals surface area contributed by atoms with Gasteiger partial charge in [-0.3, -0.25) is 4.79 Å². The molecule has 0 unspecified atom stereocenters. The van der Waals surface area contributed by atoms with Gasteiger partial charge in [-0.1, -0.05) is 12.1 Å². The summed E-state index contributed by atoms with van der Waals surface area (Å²) in [5, 5.41) is 4.06. The van der Waals surface area contributed by atoms with Crippen LogP contribution in [0.15, 0.2) is 35.0 Å². The molecule has 0 N–H and O–H groups in total. The lowest BCUT2D eigenvalue weighted by Crippen LogP contribution is -2.31. The molecule has 0 aromatic carbocycles. The number of carbonyl (C=O) groups excluding carboxylic acids is 1. The minimum Gasteiger partial charge on any atom is -0.338 e. The molecule has 2 rings (SSSR count). The molecule has 0 atom stereocenters. The highest BCUT2D eigenvalue weighted by Crippen LogP contribution is 2.14. The van der Waals surface area contributed by atoms with E-state index in [2.05, 4.69) is 6.07 Å². The summed E-state index contributed by atoms with van der Waals surface area (Å²) in [6.45, 7) is 3.53. The van der Waals surface area contributed by atoms with E-state index in [4.69, 9.17) is 0 Å². The first-order valence-corrected chi connectivity index (χ1v) is 7.38. The second kappa shape index (κ2) is 5.98. The van der Waals surface area contributed by atoms with Crippen molar-refractivity contribution < 1.29 is 4.79 Å². The molecule has 4 heteroatoms. The van der Waals surface area contributed by atoms with Gasteiger partial charge < -0.3 is 4.90 Å². The van der Waals surface area contributed by atoms with Crippen molar-refractivity contribution in [2.45, 2.75) is 19.9 Å². The van der Waals surface area contributed by atoms with Crippen molar-refractivity contribution in [1.82, 2.24) is 4.90 Å². The smallest absolute Gasteiger partial charge is 0.228 e. The van der Waals surface area contributed by atoms with Crippen molar-refractivity contribution in [3.63, 3.8) is 0 Å².